The van der Waals surface area contributed by atoms with E-state index in [1.54, 1.807) is 0 Å². The van der Waals surface area contributed by atoms with E-state index in [0.717, 1.165) is 19.3 Å². The third kappa shape index (κ3) is 6.98. The molecule has 27 heavy (non-hydrogen) atoms. The highest BCUT2D eigenvalue weighted by Gasteiger charge is 2.44. The van der Waals surface area contributed by atoms with E-state index in [2.05, 4.69) is 67.7 Å². The minimum atomic E-state index is -1.86. The van der Waals surface area contributed by atoms with E-state index in [1.165, 1.54) is 7.11 Å². The molecule has 160 valence electrons. The average molecular weight is 417 g/mol. The molecule has 0 aromatic heterocycles. The molecule has 0 spiro atoms. The van der Waals surface area contributed by atoms with Crippen molar-refractivity contribution in [2.45, 2.75) is 116 Å². The Labute approximate surface area is 170 Å². The van der Waals surface area contributed by atoms with Crippen molar-refractivity contribution in [2.24, 2.45) is 5.92 Å². The Morgan fingerprint density at radius 2 is 1.19 bits per heavy atom. The van der Waals surface area contributed by atoms with Gasteiger partial charge in [0.1, 0.15) is 0 Å². The number of carbonyl (C=O) groups is 1. The highest BCUT2D eigenvalue weighted by Crippen LogP contribution is 2.43. The standard InChI is InChI=1S/C21H44O4Si2/c1-20(2,3)26(8,9)24-17-12-16(14-19(22)23-7)13-18(15-17)25-27(10,11)21(4,5)6/h16-18H,12-15H2,1-11H3/t17-,18-/m1/s1. The van der Waals surface area contributed by atoms with E-state index in [-0.39, 0.29) is 34.2 Å². The molecular formula is C21H44O4Si2. The van der Waals surface area contributed by atoms with Crippen LogP contribution in [0.4, 0.5) is 0 Å². The van der Waals surface area contributed by atoms with Crippen LogP contribution in [0.15, 0.2) is 0 Å². The Hall–Kier alpha value is -0.176. The molecule has 1 aliphatic carbocycles. The smallest absolute Gasteiger partial charge is 0.305 e. The second kappa shape index (κ2) is 8.68. The van der Waals surface area contributed by atoms with Crippen molar-refractivity contribution < 1.29 is 18.4 Å². The lowest BCUT2D eigenvalue weighted by molar-refractivity contribution is -0.142. The van der Waals surface area contributed by atoms with Crippen molar-refractivity contribution in [2.75, 3.05) is 7.11 Å². The van der Waals surface area contributed by atoms with E-state index in [4.69, 9.17) is 13.6 Å². The van der Waals surface area contributed by atoms with Crippen molar-refractivity contribution in [3.63, 3.8) is 0 Å². The minimum Gasteiger partial charge on any atom is -0.469 e. The third-order valence-electron chi connectivity index (χ3n) is 6.94. The minimum absolute atomic E-state index is 0.126. The summed E-state index contributed by atoms with van der Waals surface area (Å²) in [5, 5.41) is 0.357. The Morgan fingerprint density at radius 1 is 0.815 bits per heavy atom. The summed E-state index contributed by atoms with van der Waals surface area (Å²) in [6, 6.07) is 0. The zero-order valence-corrected chi connectivity index (χ0v) is 21.7. The van der Waals surface area contributed by atoms with E-state index >= 15 is 0 Å². The number of rotatable bonds is 6. The lowest BCUT2D eigenvalue weighted by Gasteiger charge is -2.46. The van der Waals surface area contributed by atoms with Crippen LogP contribution in [0, 0.1) is 5.92 Å². The Kier molecular flexibility index (Phi) is 7.99. The van der Waals surface area contributed by atoms with Gasteiger partial charge in [-0.3, -0.25) is 4.79 Å². The molecule has 1 fully saturated rings. The summed E-state index contributed by atoms with van der Waals surface area (Å²) in [6.07, 6.45) is 3.60. The van der Waals surface area contributed by atoms with Gasteiger partial charge in [0.15, 0.2) is 16.6 Å². The summed E-state index contributed by atoms with van der Waals surface area (Å²) >= 11 is 0. The molecular weight excluding hydrogens is 372 g/mol. The summed E-state index contributed by atoms with van der Waals surface area (Å²) in [5.41, 5.74) is 0. The number of hydrogen-bond donors (Lipinski definition) is 0. The van der Waals surface area contributed by atoms with Crippen LogP contribution in [0.5, 0.6) is 0 Å². The van der Waals surface area contributed by atoms with E-state index in [0.29, 0.717) is 6.42 Å². The molecule has 0 bridgehead atoms. The molecule has 0 amide bonds. The molecule has 0 aromatic carbocycles. The first-order valence-electron chi connectivity index (χ1n) is 10.4. The maximum atomic E-state index is 11.9. The SMILES string of the molecule is COC(=O)CC1C[C@@H](O[Si](C)(C)C(C)(C)C)C[C@H](O[Si](C)(C)C(C)(C)C)C1. The molecule has 0 radical (unpaired) electrons. The van der Waals surface area contributed by atoms with Gasteiger partial charge in [0.25, 0.3) is 0 Å². The summed E-state index contributed by atoms with van der Waals surface area (Å²) in [4.78, 5) is 11.9. The van der Waals surface area contributed by atoms with E-state index < -0.39 is 16.6 Å². The first kappa shape index (κ1) is 24.9. The quantitative estimate of drug-likeness (QED) is 0.386. The van der Waals surface area contributed by atoms with Gasteiger partial charge < -0.3 is 13.6 Å². The fourth-order valence-electron chi connectivity index (χ4n) is 3.19. The van der Waals surface area contributed by atoms with E-state index in [1.807, 2.05) is 0 Å². The molecule has 0 N–H and O–H groups in total. The molecule has 1 aliphatic rings. The van der Waals surface area contributed by atoms with Gasteiger partial charge in [-0.2, -0.15) is 0 Å². The van der Waals surface area contributed by atoms with Crippen molar-refractivity contribution in [3.05, 3.63) is 0 Å². The maximum absolute atomic E-state index is 11.9. The normalized spacial score (nSPS) is 25.4. The van der Waals surface area contributed by atoms with Crippen molar-refractivity contribution >= 4 is 22.6 Å². The summed E-state index contributed by atoms with van der Waals surface area (Å²) < 4.78 is 18.4. The predicted molar refractivity (Wildman–Crippen MR) is 118 cm³/mol. The molecule has 2 atom stereocenters. The Bertz CT molecular complexity index is 467. The average Bonchev–Trinajstić information content (AvgIpc) is 2.43. The molecule has 0 saturated heterocycles. The molecule has 1 rings (SSSR count). The molecule has 4 nitrogen and oxygen atoms in total. The largest absolute Gasteiger partial charge is 0.469 e. The molecule has 1 saturated carbocycles. The maximum Gasteiger partial charge on any atom is 0.305 e. The fraction of sp³-hybridized carbons (Fsp3) is 0.952. The van der Waals surface area contributed by atoms with Crippen molar-refractivity contribution in [1.82, 2.24) is 0 Å². The number of carbonyl (C=O) groups excluding carboxylic acids is 1. The van der Waals surface area contributed by atoms with Gasteiger partial charge in [-0.25, -0.2) is 0 Å². The van der Waals surface area contributed by atoms with Gasteiger partial charge in [-0.05, 0) is 61.4 Å². The van der Waals surface area contributed by atoms with Crippen LogP contribution in [0.3, 0.4) is 0 Å². The first-order valence-corrected chi connectivity index (χ1v) is 16.2. The van der Waals surface area contributed by atoms with Crippen LogP contribution in [0.1, 0.15) is 67.2 Å². The van der Waals surface area contributed by atoms with Crippen LogP contribution < -0.4 is 0 Å². The Morgan fingerprint density at radius 3 is 1.48 bits per heavy atom. The number of methoxy groups -OCH3 is 1. The molecule has 0 aromatic rings. The zero-order valence-electron chi connectivity index (χ0n) is 19.7. The lowest BCUT2D eigenvalue weighted by Crippen LogP contribution is -2.50. The summed E-state index contributed by atoms with van der Waals surface area (Å²) in [5.74, 6) is 0.148. The van der Waals surface area contributed by atoms with Gasteiger partial charge in [0, 0.05) is 18.6 Å². The van der Waals surface area contributed by atoms with Gasteiger partial charge in [0.2, 0.25) is 0 Å². The summed E-state index contributed by atoms with van der Waals surface area (Å²) in [7, 11) is -2.24. The molecule has 0 unspecified atom stereocenters. The lowest BCUT2D eigenvalue weighted by atomic mass is 9.83. The highest BCUT2D eigenvalue weighted by atomic mass is 28.4. The first-order chi connectivity index (χ1) is 12.0. The predicted octanol–water partition coefficient (Wildman–Crippen LogP) is 6.13. The Balaban J connectivity index is 2.96. The molecule has 0 aliphatic heterocycles. The highest BCUT2D eigenvalue weighted by molar-refractivity contribution is 6.74. The van der Waals surface area contributed by atoms with Gasteiger partial charge in [-0.1, -0.05) is 41.5 Å². The topological polar surface area (TPSA) is 44.8 Å². The zero-order chi connectivity index (χ0) is 21.3. The molecule has 6 heteroatoms. The second-order valence-electron chi connectivity index (χ2n) is 11.4. The van der Waals surface area contributed by atoms with Crippen LogP contribution in [-0.2, 0) is 18.4 Å². The number of esters is 1. The number of hydrogen-bond acceptors (Lipinski definition) is 4. The second-order valence-corrected chi connectivity index (χ2v) is 20.9. The van der Waals surface area contributed by atoms with Gasteiger partial charge in [-0.15, -0.1) is 0 Å². The van der Waals surface area contributed by atoms with Crippen LogP contribution in [0.2, 0.25) is 36.3 Å². The van der Waals surface area contributed by atoms with Gasteiger partial charge in [0.05, 0.1) is 7.11 Å². The third-order valence-corrected chi connectivity index (χ3v) is 16.0. The number of ether oxygens (including phenoxy) is 1. The van der Waals surface area contributed by atoms with Crippen molar-refractivity contribution in [1.29, 1.82) is 0 Å². The van der Waals surface area contributed by atoms with Crippen LogP contribution >= 0.6 is 0 Å². The molecule has 0 heterocycles. The van der Waals surface area contributed by atoms with E-state index in [9.17, 15) is 4.79 Å². The van der Waals surface area contributed by atoms with Crippen molar-refractivity contribution in [3.8, 4) is 0 Å². The van der Waals surface area contributed by atoms with Gasteiger partial charge >= 0.3 is 5.97 Å². The summed E-state index contributed by atoms with van der Waals surface area (Å²) in [6.45, 7) is 22.9. The van der Waals surface area contributed by atoms with Crippen LogP contribution in [0.25, 0.3) is 0 Å². The fourth-order valence-corrected chi connectivity index (χ4v) is 5.95. The monoisotopic (exact) mass is 416 g/mol. The van der Waals surface area contributed by atoms with Crippen LogP contribution in [-0.4, -0.2) is 41.9 Å².